The van der Waals surface area contributed by atoms with Crippen LogP contribution in [0, 0.1) is 11.3 Å². The molecule has 0 saturated carbocycles. The minimum Gasteiger partial charge on any atom is -0.378 e. The molecule has 0 amide bonds. The van der Waals surface area contributed by atoms with E-state index in [0.717, 1.165) is 11.1 Å². The van der Waals surface area contributed by atoms with Crippen molar-refractivity contribution in [1.29, 1.82) is 5.26 Å². The van der Waals surface area contributed by atoms with Crippen molar-refractivity contribution >= 4 is 34.8 Å². The zero-order valence-electron chi connectivity index (χ0n) is 23.4. The van der Waals surface area contributed by atoms with E-state index in [9.17, 15) is 8.42 Å². The summed E-state index contributed by atoms with van der Waals surface area (Å²) in [6.45, 7) is 10.1. The monoisotopic (exact) mass is 567 g/mol. The van der Waals surface area contributed by atoms with E-state index >= 15 is 0 Å². The largest absolute Gasteiger partial charge is 0.378 e. The molecule has 0 aliphatic carbocycles. The number of fused-ring (bicyclic) bond motifs is 1. The fourth-order valence-corrected chi connectivity index (χ4v) is 6.94. The lowest BCUT2D eigenvalue weighted by molar-refractivity contribution is 0.0378. The van der Waals surface area contributed by atoms with Crippen molar-refractivity contribution < 1.29 is 26.9 Å². The van der Waals surface area contributed by atoms with Crippen LogP contribution in [0.4, 0.5) is 5.69 Å². The summed E-state index contributed by atoms with van der Waals surface area (Å²) in [4.78, 5) is 2.29. The van der Waals surface area contributed by atoms with Gasteiger partial charge < -0.3 is 23.4 Å². The second kappa shape index (κ2) is 16.3. The Kier molecular flexibility index (Phi) is 13.9. The highest BCUT2D eigenvalue weighted by atomic mass is 32.2. The summed E-state index contributed by atoms with van der Waals surface area (Å²) in [5.74, 6) is -0.105. The molecular formula is C27H42N3O6PS. The maximum absolute atomic E-state index is 13.0. The van der Waals surface area contributed by atoms with Crippen molar-refractivity contribution in [3.8, 4) is 6.07 Å². The molecule has 0 heterocycles. The SMILES string of the molecule is CC(C)N(C(C)C)P(OCCC#N)OCCOCCOCCS(=O)(=O)c1cccc2c(N(C)C)cccc12. The Hall–Kier alpha value is -1.83. The van der Waals surface area contributed by atoms with Crippen LogP contribution in [0.1, 0.15) is 34.1 Å². The first-order valence-electron chi connectivity index (χ1n) is 12.9. The third kappa shape index (κ3) is 9.73. The Morgan fingerprint density at radius 3 is 2.05 bits per heavy atom. The van der Waals surface area contributed by atoms with Gasteiger partial charge in [-0.25, -0.2) is 13.1 Å². The van der Waals surface area contributed by atoms with Gasteiger partial charge in [0.05, 0.1) is 62.8 Å². The van der Waals surface area contributed by atoms with E-state index in [1.807, 2.05) is 43.3 Å². The molecule has 2 aromatic rings. The van der Waals surface area contributed by atoms with Crippen molar-refractivity contribution in [2.75, 3.05) is 64.4 Å². The van der Waals surface area contributed by atoms with Crippen molar-refractivity contribution in [1.82, 2.24) is 4.67 Å². The lowest BCUT2D eigenvalue weighted by atomic mass is 10.1. The zero-order chi connectivity index (χ0) is 28.1. The van der Waals surface area contributed by atoms with Crippen LogP contribution in [0.5, 0.6) is 0 Å². The van der Waals surface area contributed by atoms with Gasteiger partial charge in [0.2, 0.25) is 0 Å². The predicted molar refractivity (Wildman–Crippen MR) is 153 cm³/mol. The van der Waals surface area contributed by atoms with Gasteiger partial charge in [-0.1, -0.05) is 24.3 Å². The van der Waals surface area contributed by atoms with Gasteiger partial charge in [-0.15, -0.1) is 0 Å². The highest BCUT2D eigenvalue weighted by molar-refractivity contribution is 7.91. The number of hydrogen-bond acceptors (Lipinski definition) is 9. The highest BCUT2D eigenvalue weighted by Gasteiger charge is 2.27. The Morgan fingerprint density at radius 1 is 0.842 bits per heavy atom. The fraction of sp³-hybridized carbons (Fsp3) is 0.593. The Labute approximate surface area is 229 Å². The van der Waals surface area contributed by atoms with Crippen LogP contribution in [0.25, 0.3) is 10.8 Å². The molecule has 11 heteroatoms. The number of rotatable bonds is 18. The van der Waals surface area contributed by atoms with E-state index in [2.05, 4.69) is 38.4 Å². The Balaban J connectivity index is 1.76. The number of hydrogen-bond donors (Lipinski definition) is 0. The van der Waals surface area contributed by atoms with Crippen LogP contribution in [0.2, 0.25) is 0 Å². The molecule has 0 radical (unpaired) electrons. The first-order chi connectivity index (χ1) is 18.1. The van der Waals surface area contributed by atoms with E-state index in [1.54, 1.807) is 12.1 Å². The van der Waals surface area contributed by atoms with Crippen molar-refractivity contribution in [2.45, 2.75) is 51.1 Å². The highest BCUT2D eigenvalue weighted by Crippen LogP contribution is 2.45. The van der Waals surface area contributed by atoms with Crippen LogP contribution in [0.3, 0.4) is 0 Å². The fourth-order valence-electron chi connectivity index (χ4n) is 4.01. The van der Waals surface area contributed by atoms with Gasteiger partial charge in [0.1, 0.15) is 0 Å². The third-order valence-electron chi connectivity index (χ3n) is 5.64. The summed E-state index contributed by atoms with van der Waals surface area (Å²) in [7, 11) is -0.934. The Bertz CT molecular complexity index is 1130. The molecule has 0 aromatic heterocycles. The molecule has 0 bridgehead atoms. The van der Waals surface area contributed by atoms with Crippen LogP contribution < -0.4 is 4.90 Å². The topological polar surface area (TPSA) is 101 Å². The van der Waals surface area contributed by atoms with E-state index in [0.29, 0.717) is 43.1 Å². The van der Waals surface area contributed by atoms with Crippen LogP contribution >= 0.6 is 8.53 Å². The van der Waals surface area contributed by atoms with E-state index in [1.165, 1.54) is 0 Å². The Morgan fingerprint density at radius 2 is 1.42 bits per heavy atom. The molecular weight excluding hydrogens is 525 g/mol. The predicted octanol–water partition coefficient (Wildman–Crippen LogP) is 5.01. The number of benzene rings is 2. The molecule has 212 valence electrons. The summed E-state index contributed by atoms with van der Waals surface area (Å²) >= 11 is 0. The summed E-state index contributed by atoms with van der Waals surface area (Å²) in [6, 6.07) is 13.6. The van der Waals surface area contributed by atoms with Crippen LogP contribution in [-0.4, -0.2) is 84.7 Å². The molecule has 1 atom stereocenters. The molecule has 0 fully saturated rings. The smallest absolute Gasteiger partial charge is 0.259 e. The summed E-state index contributed by atoms with van der Waals surface area (Å²) in [5, 5.41) is 10.4. The van der Waals surface area contributed by atoms with Crippen LogP contribution in [0.15, 0.2) is 41.3 Å². The number of sulfone groups is 1. The average molecular weight is 568 g/mol. The first-order valence-corrected chi connectivity index (χ1v) is 15.7. The molecule has 0 aliphatic heterocycles. The lowest BCUT2D eigenvalue weighted by Gasteiger charge is -2.35. The van der Waals surface area contributed by atoms with Gasteiger partial charge >= 0.3 is 0 Å². The zero-order valence-corrected chi connectivity index (χ0v) is 25.1. The van der Waals surface area contributed by atoms with Gasteiger partial charge in [0.15, 0.2) is 9.84 Å². The number of ether oxygens (including phenoxy) is 2. The molecule has 38 heavy (non-hydrogen) atoms. The average Bonchev–Trinajstić information content (AvgIpc) is 2.86. The first kappa shape index (κ1) is 32.4. The maximum Gasteiger partial charge on any atom is 0.259 e. The minimum absolute atomic E-state index is 0.0850. The number of nitriles is 1. The molecule has 1 unspecified atom stereocenters. The number of anilines is 1. The van der Waals surface area contributed by atoms with Crippen molar-refractivity contribution in [3.63, 3.8) is 0 Å². The second-order valence-electron chi connectivity index (χ2n) is 9.45. The van der Waals surface area contributed by atoms with Gasteiger partial charge in [-0.2, -0.15) is 5.26 Å². The van der Waals surface area contributed by atoms with Gasteiger partial charge in [-0.3, -0.25) is 0 Å². The molecule has 0 saturated heterocycles. The van der Waals surface area contributed by atoms with Crippen molar-refractivity contribution in [3.05, 3.63) is 36.4 Å². The molecule has 2 rings (SSSR count). The van der Waals surface area contributed by atoms with E-state index < -0.39 is 18.4 Å². The van der Waals surface area contributed by atoms with E-state index in [-0.39, 0.29) is 31.1 Å². The molecule has 0 N–H and O–H groups in total. The molecule has 2 aromatic carbocycles. The minimum atomic E-state index is -3.51. The lowest BCUT2D eigenvalue weighted by Crippen LogP contribution is -2.34. The molecule has 0 aliphatic rings. The summed E-state index contributed by atoms with van der Waals surface area (Å²) < 4.78 is 51.2. The van der Waals surface area contributed by atoms with E-state index in [4.69, 9.17) is 23.8 Å². The standard InChI is InChI=1S/C27H42N3O6PS/c1-22(2)30(23(3)4)37(35-15-9-14-28)36-19-18-33-16-17-34-20-21-38(31,32)27-13-8-10-24-25(27)11-7-12-26(24)29(5)6/h7-8,10-13,22-23H,9,15-21H2,1-6H3. The van der Waals surface area contributed by atoms with Crippen LogP contribution in [-0.2, 0) is 28.4 Å². The number of nitrogens with zero attached hydrogens (tertiary/aromatic N) is 3. The molecule has 0 spiro atoms. The van der Waals surface area contributed by atoms with Gasteiger partial charge in [0.25, 0.3) is 8.53 Å². The maximum atomic E-state index is 13.0. The quantitative estimate of drug-likeness (QED) is 0.182. The molecule has 9 nitrogen and oxygen atoms in total. The van der Waals surface area contributed by atoms with Gasteiger partial charge in [-0.05, 0) is 39.8 Å². The third-order valence-corrected chi connectivity index (χ3v) is 9.47. The van der Waals surface area contributed by atoms with Gasteiger partial charge in [0, 0.05) is 42.6 Å². The second-order valence-corrected chi connectivity index (χ2v) is 13.0. The summed E-state index contributed by atoms with van der Waals surface area (Å²) in [5.41, 5.74) is 0.972. The van der Waals surface area contributed by atoms with Crippen molar-refractivity contribution in [2.24, 2.45) is 0 Å². The summed E-state index contributed by atoms with van der Waals surface area (Å²) in [6.07, 6.45) is 0.313. The normalized spacial score (nSPS) is 12.9.